The van der Waals surface area contributed by atoms with Crippen LogP contribution in [-0.2, 0) is 0 Å². The average molecular weight is 311 g/mol. The molecule has 3 aromatic rings. The number of amides is 1. The molecule has 7 heteroatoms. The van der Waals surface area contributed by atoms with E-state index in [2.05, 4.69) is 20.4 Å². The molecule has 118 valence electrons. The first kappa shape index (κ1) is 14.8. The number of nitrogens with one attached hydrogen (secondary N) is 2. The molecule has 0 atom stereocenters. The SMILES string of the molecule is COc1ccc(-n2nc(C(=O)Nc3ncc(C)[nH]3)cc2C)cc1. The molecule has 23 heavy (non-hydrogen) atoms. The third kappa shape index (κ3) is 3.08. The van der Waals surface area contributed by atoms with Crippen molar-refractivity contribution in [2.24, 2.45) is 0 Å². The molecule has 0 saturated heterocycles. The second-order valence-electron chi connectivity index (χ2n) is 5.15. The molecule has 0 radical (unpaired) electrons. The molecule has 0 aliphatic carbocycles. The van der Waals surface area contributed by atoms with Crippen LogP contribution in [0.15, 0.2) is 36.5 Å². The summed E-state index contributed by atoms with van der Waals surface area (Å²) in [7, 11) is 1.62. The van der Waals surface area contributed by atoms with Crippen molar-refractivity contribution in [1.29, 1.82) is 0 Å². The number of anilines is 1. The zero-order valence-electron chi connectivity index (χ0n) is 13.1. The second kappa shape index (κ2) is 5.96. The Morgan fingerprint density at radius 2 is 2.00 bits per heavy atom. The van der Waals surface area contributed by atoms with Gasteiger partial charge in [-0.05, 0) is 44.2 Å². The van der Waals surface area contributed by atoms with Gasteiger partial charge < -0.3 is 9.72 Å². The van der Waals surface area contributed by atoms with Gasteiger partial charge in [-0.2, -0.15) is 5.10 Å². The van der Waals surface area contributed by atoms with Gasteiger partial charge in [-0.1, -0.05) is 0 Å². The van der Waals surface area contributed by atoms with Crippen LogP contribution in [0.1, 0.15) is 21.9 Å². The van der Waals surface area contributed by atoms with Gasteiger partial charge in [-0.25, -0.2) is 9.67 Å². The van der Waals surface area contributed by atoms with Gasteiger partial charge in [0.25, 0.3) is 5.91 Å². The number of nitrogens with zero attached hydrogens (tertiary/aromatic N) is 3. The number of carbonyl (C=O) groups is 1. The first-order valence-electron chi connectivity index (χ1n) is 7.11. The standard InChI is InChI=1S/C16H17N5O2/c1-10-9-17-16(18-10)19-15(22)14-8-11(2)21(20-14)12-4-6-13(23-3)7-5-12/h4-9H,1-3H3,(H2,17,18,19,22). The molecule has 0 unspecified atom stereocenters. The fourth-order valence-corrected chi connectivity index (χ4v) is 2.22. The Kier molecular flexibility index (Phi) is 3.84. The summed E-state index contributed by atoms with van der Waals surface area (Å²) in [6, 6.07) is 9.20. The predicted octanol–water partition coefficient (Wildman–Crippen LogP) is 2.47. The Balaban J connectivity index is 1.83. The number of imidazole rings is 1. The number of rotatable bonds is 4. The van der Waals surface area contributed by atoms with Gasteiger partial charge in [0.15, 0.2) is 5.69 Å². The lowest BCUT2D eigenvalue weighted by atomic mass is 10.3. The molecule has 0 aliphatic rings. The third-order valence-electron chi connectivity index (χ3n) is 3.37. The molecule has 7 nitrogen and oxygen atoms in total. The van der Waals surface area contributed by atoms with E-state index in [0.29, 0.717) is 11.6 Å². The van der Waals surface area contributed by atoms with Crippen molar-refractivity contribution in [2.45, 2.75) is 13.8 Å². The monoisotopic (exact) mass is 311 g/mol. The maximum absolute atomic E-state index is 12.3. The molecular formula is C16H17N5O2. The molecule has 1 aromatic carbocycles. The van der Waals surface area contributed by atoms with Crippen LogP contribution in [0, 0.1) is 13.8 Å². The maximum atomic E-state index is 12.3. The molecule has 0 spiro atoms. The molecule has 0 fully saturated rings. The summed E-state index contributed by atoms with van der Waals surface area (Å²) in [5.74, 6) is 0.864. The van der Waals surface area contributed by atoms with Crippen LogP contribution < -0.4 is 10.1 Å². The van der Waals surface area contributed by atoms with Crippen molar-refractivity contribution in [1.82, 2.24) is 19.7 Å². The number of hydrogen-bond donors (Lipinski definition) is 2. The summed E-state index contributed by atoms with van der Waals surface area (Å²) < 4.78 is 6.85. The van der Waals surface area contributed by atoms with Gasteiger partial charge in [-0.15, -0.1) is 0 Å². The minimum absolute atomic E-state index is 0.310. The summed E-state index contributed by atoms with van der Waals surface area (Å²) in [5.41, 5.74) is 2.92. The van der Waals surface area contributed by atoms with E-state index in [1.54, 1.807) is 24.1 Å². The predicted molar refractivity (Wildman–Crippen MR) is 86.1 cm³/mol. The van der Waals surface area contributed by atoms with Crippen molar-refractivity contribution >= 4 is 11.9 Å². The van der Waals surface area contributed by atoms with Crippen molar-refractivity contribution in [3.05, 3.63) is 53.6 Å². The minimum atomic E-state index is -0.310. The lowest BCUT2D eigenvalue weighted by Crippen LogP contribution is -2.14. The molecule has 0 saturated carbocycles. The number of aromatic amines is 1. The fourth-order valence-electron chi connectivity index (χ4n) is 2.22. The van der Waals surface area contributed by atoms with Crippen LogP contribution in [0.25, 0.3) is 5.69 Å². The van der Waals surface area contributed by atoms with E-state index in [0.717, 1.165) is 22.8 Å². The zero-order valence-corrected chi connectivity index (χ0v) is 13.1. The number of carbonyl (C=O) groups excluding carboxylic acids is 1. The van der Waals surface area contributed by atoms with E-state index >= 15 is 0 Å². The average Bonchev–Trinajstić information content (AvgIpc) is 3.13. The highest BCUT2D eigenvalue weighted by molar-refractivity contribution is 6.02. The molecule has 0 aliphatic heterocycles. The Morgan fingerprint density at radius 1 is 1.26 bits per heavy atom. The van der Waals surface area contributed by atoms with E-state index in [9.17, 15) is 4.79 Å². The number of aryl methyl sites for hydroxylation is 2. The topological polar surface area (TPSA) is 84.8 Å². The maximum Gasteiger partial charge on any atom is 0.278 e. The van der Waals surface area contributed by atoms with Gasteiger partial charge in [0, 0.05) is 17.6 Å². The molecule has 0 bridgehead atoms. The van der Waals surface area contributed by atoms with Crippen molar-refractivity contribution < 1.29 is 9.53 Å². The molecule has 1 amide bonds. The number of H-pyrrole nitrogens is 1. The second-order valence-corrected chi connectivity index (χ2v) is 5.15. The van der Waals surface area contributed by atoms with Crippen LogP contribution in [0.5, 0.6) is 5.75 Å². The Hall–Kier alpha value is -3.09. The first-order valence-corrected chi connectivity index (χ1v) is 7.11. The van der Waals surface area contributed by atoms with Gasteiger partial charge >= 0.3 is 0 Å². The highest BCUT2D eigenvalue weighted by Crippen LogP contribution is 2.17. The third-order valence-corrected chi connectivity index (χ3v) is 3.37. The number of ether oxygens (including phenoxy) is 1. The summed E-state index contributed by atoms with van der Waals surface area (Å²) in [6.45, 7) is 3.76. The fraction of sp³-hybridized carbons (Fsp3) is 0.188. The Bertz CT molecular complexity index is 833. The normalized spacial score (nSPS) is 10.6. The summed E-state index contributed by atoms with van der Waals surface area (Å²) >= 11 is 0. The largest absolute Gasteiger partial charge is 0.497 e. The van der Waals surface area contributed by atoms with E-state index < -0.39 is 0 Å². The van der Waals surface area contributed by atoms with Crippen LogP contribution >= 0.6 is 0 Å². The number of hydrogen-bond acceptors (Lipinski definition) is 4. The van der Waals surface area contributed by atoms with E-state index in [1.165, 1.54) is 0 Å². The van der Waals surface area contributed by atoms with Crippen LogP contribution in [0.4, 0.5) is 5.95 Å². The number of methoxy groups -OCH3 is 1. The summed E-state index contributed by atoms with van der Waals surface area (Å²) in [6.07, 6.45) is 1.65. The Labute approximate surface area is 133 Å². The lowest BCUT2D eigenvalue weighted by molar-refractivity contribution is 0.102. The van der Waals surface area contributed by atoms with Gasteiger partial charge in [0.05, 0.1) is 12.8 Å². The van der Waals surface area contributed by atoms with E-state index in [-0.39, 0.29) is 5.91 Å². The van der Waals surface area contributed by atoms with Gasteiger partial charge in [0.2, 0.25) is 5.95 Å². The van der Waals surface area contributed by atoms with Gasteiger partial charge in [-0.3, -0.25) is 10.1 Å². The highest BCUT2D eigenvalue weighted by atomic mass is 16.5. The highest BCUT2D eigenvalue weighted by Gasteiger charge is 2.14. The van der Waals surface area contributed by atoms with Crippen molar-refractivity contribution in [2.75, 3.05) is 12.4 Å². The lowest BCUT2D eigenvalue weighted by Gasteiger charge is -2.05. The molecule has 2 N–H and O–H groups in total. The number of aromatic nitrogens is 4. The Morgan fingerprint density at radius 3 is 2.61 bits per heavy atom. The first-order chi connectivity index (χ1) is 11.1. The van der Waals surface area contributed by atoms with Crippen LogP contribution in [0.3, 0.4) is 0 Å². The number of benzene rings is 1. The minimum Gasteiger partial charge on any atom is -0.497 e. The quantitative estimate of drug-likeness (QED) is 0.775. The smallest absolute Gasteiger partial charge is 0.278 e. The van der Waals surface area contributed by atoms with E-state index in [4.69, 9.17) is 4.74 Å². The summed E-state index contributed by atoms with van der Waals surface area (Å²) in [4.78, 5) is 19.3. The van der Waals surface area contributed by atoms with Crippen molar-refractivity contribution in [3.63, 3.8) is 0 Å². The van der Waals surface area contributed by atoms with Crippen LogP contribution in [-0.4, -0.2) is 32.8 Å². The van der Waals surface area contributed by atoms with E-state index in [1.807, 2.05) is 38.1 Å². The molecular weight excluding hydrogens is 294 g/mol. The zero-order chi connectivity index (χ0) is 16.4. The van der Waals surface area contributed by atoms with Crippen molar-refractivity contribution in [3.8, 4) is 11.4 Å². The van der Waals surface area contributed by atoms with Crippen LogP contribution in [0.2, 0.25) is 0 Å². The molecule has 2 aromatic heterocycles. The van der Waals surface area contributed by atoms with Gasteiger partial charge in [0.1, 0.15) is 5.75 Å². The molecule has 2 heterocycles. The molecule has 3 rings (SSSR count). The summed E-state index contributed by atoms with van der Waals surface area (Å²) in [5, 5.41) is 7.05.